The fourth-order valence-electron chi connectivity index (χ4n) is 1.75. The minimum Gasteiger partial charge on any atom is -0.312 e. The molecule has 102 valence electrons. The van der Waals surface area contributed by atoms with Gasteiger partial charge in [-0.2, -0.15) is 11.3 Å². The van der Waals surface area contributed by atoms with Gasteiger partial charge in [0.15, 0.2) is 0 Å². The van der Waals surface area contributed by atoms with E-state index in [9.17, 15) is 0 Å². The molecule has 0 aliphatic heterocycles. The van der Waals surface area contributed by atoms with Crippen molar-refractivity contribution in [1.82, 2.24) is 5.32 Å². The highest BCUT2D eigenvalue weighted by Gasteiger charge is 1.98. The van der Waals surface area contributed by atoms with Gasteiger partial charge in [0.25, 0.3) is 0 Å². The van der Waals surface area contributed by atoms with E-state index in [0.29, 0.717) is 5.92 Å². The van der Waals surface area contributed by atoms with Crippen molar-refractivity contribution in [3.63, 3.8) is 0 Å². The van der Waals surface area contributed by atoms with E-state index in [2.05, 4.69) is 60.3 Å². The number of benzene rings is 1. The summed E-state index contributed by atoms with van der Waals surface area (Å²) in [5.74, 6) is 1.77. The molecule has 0 unspecified atom stereocenters. The summed E-state index contributed by atoms with van der Waals surface area (Å²) in [6, 6.07) is 11.1. The molecule has 0 saturated carbocycles. The molecule has 1 nitrogen and oxygen atoms in total. The van der Waals surface area contributed by atoms with E-state index < -0.39 is 0 Å². The van der Waals surface area contributed by atoms with Crippen molar-refractivity contribution in [3.05, 3.63) is 52.2 Å². The summed E-state index contributed by atoms with van der Waals surface area (Å²) in [6.07, 6.45) is 0. The average molecular weight is 291 g/mol. The Bertz CT molecular complexity index is 460. The third kappa shape index (κ3) is 5.39. The molecule has 0 spiro atoms. The van der Waals surface area contributed by atoms with Crippen LogP contribution < -0.4 is 5.32 Å². The second kappa shape index (κ2) is 7.73. The molecule has 0 atom stereocenters. The van der Waals surface area contributed by atoms with Crippen LogP contribution in [0.4, 0.5) is 0 Å². The van der Waals surface area contributed by atoms with Crippen LogP contribution >= 0.6 is 23.1 Å². The molecule has 0 fully saturated rings. The lowest BCUT2D eigenvalue weighted by Gasteiger charge is -2.08. The first-order valence-electron chi connectivity index (χ1n) is 6.67. The van der Waals surface area contributed by atoms with Crippen molar-refractivity contribution in [2.45, 2.75) is 31.0 Å². The summed E-state index contributed by atoms with van der Waals surface area (Å²) in [6.45, 7) is 6.51. The topological polar surface area (TPSA) is 12.0 Å². The first-order chi connectivity index (χ1) is 9.24. The van der Waals surface area contributed by atoms with E-state index in [4.69, 9.17) is 0 Å². The first-order valence-corrected chi connectivity index (χ1v) is 8.60. The van der Waals surface area contributed by atoms with Gasteiger partial charge in [0, 0.05) is 17.2 Å². The fraction of sp³-hybridized carbons (Fsp3) is 0.375. The predicted octanol–water partition coefficient (Wildman–Crippen LogP) is 4.79. The normalized spacial score (nSPS) is 11.1. The first kappa shape index (κ1) is 14.6. The van der Waals surface area contributed by atoms with E-state index in [-0.39, 0.29) is 0 Å². The monoisotopic (exact) mass is 291 g/mol. The number of hydrogen-bond donors (Lipinski definition) is 1. The molecule has 0 amide bonds. The van der Waals surface area contributed by atoms with Crippen LogP contribution in [0.1, 0.15) is 25.0 Å². The van der Waals surface area contributed by atoms with E-state index >= 15 is 0 Å². The van der Waals surface area contributed by atoms with Crippen LogP contribution in [0.2, 0.25) is 0 Å². The van der Waals surface area contributed by atoms with Crippen molar-refractivity contribution in [2.75, 3.05) is 6.54 Å². The molecule has 0 saturated heterocycles. The Morgan fingerprint density at radius 1 is 1.11 bits per heavy atom. The molecular formula is C16H21NS2. The highest BCUT2D eigenvalue weighted by molar-refractivity contribution is 7.98. The van der Waals surface area contributed by atoms with Crippen LogP contribution in [-0.4, -0.2) is 6.54 Å². The molecule has 3 heteroatoms. The van der Waals surface area contributed by atoms with Crippen molar-refractivity contribution in [2.24, 2.45) is 5.92 Å². The van der Waals surface area contributed by atoms with Gasteiger partial charge in [0.2, 0.25) is 0 Å². The molecule has 2 aromatic rings. The lowest BCUT2D eigenvalue weighted by Crippen LogP contribution is -2.18. The Kier molecular flexibility index (Phi) is 5.95. The maximum atomic E-state index is 3.47. The predicted molar refractivity (Wildman–Crippen MR) is 86.9 cm³/mol. The average Bonchev–Trinajstić information content (AvgIpc) is 2.90. The number of nitrogens with one attached hydrogen (secondary N) is 1. The standard InChI is InChI=1S/C16H21NS2/c1-13(2)9-17-10-14-3-5-16(6-4-14)19-12-15-7-8-18-11-15/h3-8,11,13,17H,9-10,12H2,1-2H3. The molecule has 1 heterocycles. The van der Waals surface area contributed by atoms with Gasteiger partial charge in [0.1, 0.15) is 0 Å². The molecule has 1 aromatic heterocycles. The van der Waals surface area contributed by atoms with Crippen molar-refractivity contribution in [1.29, 1.82) is 0 Å². The molecule has 0 aliphatic rings. The molecule has 2 rings (SSSR count). The van der Waals surface area contributed by atoms with Crippen LogP contribution in [-0.2, 0) is 12.3 Å². The van der Waals surface area contributed by atoms with Crippen molar-refractivity contribution < 1.29 is 0 Å². The Balaban J connectivity index is 1.77. The molecule has 1 aromatic carbocycles. The number of hydrogen-bond acceptors (Lipinski definition) is 3. The van der Waals surface area contributed by atoms with Gasteiger partial charge in [-0.25, -0.2) is 0 Å². The number of thiophene rings is 1. The maximum absolute atomic E-state index is 3.47. The zero-order valence-corrected chi connectivity index (χ0v) is 13.2. The molecule has 0 radical (unpaired) electrons. The van der Waals surface area contributed by atoms with Crippen LogP contribution in [0.25, 0.3) is 0 Å². The van der Waals surface area contributed by atoms with E-state index in [0.717, 1.165) is 18.8 Å². The van der Waals surface area contributed by atoms with Crippen LogP contribution in [0.15, 0.2) is 46.0 Å². The van der Waals surface area contributed by atoms with Gasteiger partial charge in [-0.3, -0.25) is 0 Å². The van der Waals surface area contributed by atoms with Gasteiger partial charge in [-0.15, -0.1) is 11.8 Å². The van der Waals surface area contributed by atoms with E-state index in [1.54, 1.807) is 11.3 Å². The third-order valence-corrected chi connectivity index (χ3v) is 4.61. The van der Waals surface area contributed by atoms with Crippen LogP contribution in [0.5, 0.6) is 0 Å². The SMILES string of the molecule is CC(C)CNCc1ccc(SCc2ccsc2)cc1. The largest absolute Gasteiger partial charge is 0.312 e. The summed E-state index contributed by atoms with van der Waals surface area (Å²) in [5.41, 5.74) is 2.78. The van der Waals surface area contributed by atoms with Gasteiger partial charge in [-0.1, -0.05) is 26.0 Å². The van der Waals surface area contributed by atoms with E-state index in [1.807, 2.05) is 11.8 Å². The number of thioether (sulfide) groups is 1. The van der Waals surface area contributed by atoms with Crippen LogP contribution in [0.3, 0.4) is 0 Å². The van der Waals surface area contributed by atoms with Gasteiger partial charge in [-0.05, 0) is 52.5 Å². The second-order valence-electron chi connectivity index (χ2n) is 5.09. The van der Waals surface area contributed by atoms with E-state index in [1.165, 1.54) is 16.0 Å². The zero-order chi connectivity index (χ0) is 13.5. The summed E-state index contributed by atoms with van der Waals surface area (Å²) in [4.78, 5) is 1.35. The fourth-order valence-corrected chi connectivity index (χ4v) is 3.37. The summed E-state index contributed by atoms with van der Waals surface area (Å²) < 4.78 is 0. The molecule has 1 N–H and O–H groups in total. The highest BCUT2D eigenvalue weighted by atomic mass is 32.2. The number of rotatable bonds is 7. The quantitative estimate of drug-likeness (QED) is 0.736. The maximum Gasteiger partial charge on any atom is 0.0240 e. The summed E-state index contributed by atoms with van der Waals surface area (Å²) in [5, 5.41) is 7.83. The second-order valence-corrected chi connectivity index (χ2v) is 6.92. The minimum atomic E-state index is 0.709. The summed E-state index contributed by atoms with van der Waals surface area (Å²) in [7, 11) is 0. The smallest absolute Gasteiger partial charge is 0.0240 e. The Morgan fingerprint density at radius 2 is 1.89 bits per heavy atom. The minimum absolute atomic E-state index is 0.709. The third-order valence-electron chi connectivity index (χ3n) is 2.79. The van der Waals surface area contributed by atoms with Crippen molar-refractivity contribution >= 4 is 23.1 Å². The lowest BCUT2D eigenvalue weighted by atomic mass is 10.2. The summed E-state index contributed by atoms with van der Waals surface area (Å²) >= 11 is 3.67. The van der Waals surface area contributed by atoms with Crippen LogP contribution in [0, 0.1) is 5.92 Å². The Morgan fingerprint density at radius 3 is 2.53 bits per heavy atom. The van der Waals surface area contributed by atoms with Gasteiger partial charge >= 0.3 is 0 Å². The van der Waals surface area contributed by atoms with Gasteiger partial charge < -0.3 is 5.32 Å². The van der Waals surface area contributed by atoms with Gasteiger partial charge in [0.05, 0.1) is 0 Å². The zero-order valence-electron chi connectivity index (χ0n) is 11.6. The molecule has 0 bridgehead atoms. The Labute approximate surface area is 124 Å². The molecular weight excluding hydrogens is 270 g/mol. The highest BCUT2D eigenvalue weighted by Crippen LogP contribution is 2.24. The Hall–Kier alpha value is -0.770. The van der Waals surface area contributed by atoms with Crippen molar-refractivity contribution in [3.8, 4) is 0 Å². The molecule has 19 heavy (non-hydrogen) atoms. The lowest BCUT2D eigenvalue weighted by molar-refractivity contribution is 0.552. The molecule has 0 aliphatic carbocycles.